The number of aromatic nitrogens is 3. The molecule has 1 amide bonds. The van der Waals surface area contributed by atoms with Gasteiger partial charge in [0.05, 0.1) is 19.1 Å². The van der Waals surface area contributed by atoms with Crippen LogP contribution < -0.4 is 5.73 Å². The number of morpholine rings is 1. The Labute approximate surface area is 138 Å². The number of alkyl halides is 3. The maximum Gasteiger partial charge on any atom is 0.408 e. The van der Waals surface area contributed by atoms with Crippen LogP contribution >= 0.6 is 0 Å². The van der Waals surface area contributed by atoms with Crippen molar-refractivity contribution in [2.75, 3.05) is 19.7 Å². The number of hydrogen-bond donors (Lipinski definition) is 1. The van der Waals surface area contributed by atoms with E-state index in [1.807, 2.05) is 0 Å². The smallest absolute Gasteiger partial charge is 0.375 e. The zero-order valence-corrected chi connectivity index (χ0v) is 13.7. The molecule has 1 aromatic rings. The summed E-state index contributed by atoms with van der Waals surface area (Å²) in [7, 11) is 0. The van der Waals surface area contributed by atoms with Crippen LogP contribution in [0.3, 0.4) is 0 Å². The first-order chi connectivity index (χ1) is 11.1. The Bertz CT molecular complexity index is 573. The highest BCUT2D eigenvalue weighted by atomic mass is 19.4. The Hall–Kier alpha value is -1.68. The SMILES string of the molecule is CC(C)N1CCOC(Cc2nc(CC(N)=O)nn2CC(F)(F)F)C1. The molecule has 1 unspecified atom stereocenters. The fourth-order valence-electron chi connectivity index (χ4n) is 2.64. The van der Waals surface area contributed by atoms with Gasteiger partial charge in [-0.25, -0.2) is 9.67 Å². The molecule has 2 rings (SSSR count). The molecule has 1 aromatic heterocycles. The van der Waals surface area contributed by atoms with E-state index in [2.05, 4.69) is 28.8 Å². The molecule has 0 radical (unpaired) electrons. The van der Waals surface area contributed by atoms with Gasteiger partial charge in [-0.3, -0.25) is 9.69 Å². The van der Waals surface area contributed by atoms with Gasteiger partial charge in [0.25, 0.3) is 0 Å². The molecule has 0 aliphatic carbocycles. The van der Waals surface area contributed by atoms with Crippen LogP contribution in [0.1, 0.15) is 25.5 Å². The molecule has 1 atom stereocenters. The summed E-state index contributed by atoms with van der Waals surface area (Å²) >= 11 is 0. The minimum absolute atomic E-state index is 0.00160. The third-order valence-corrected chi connectivity index (χ3v) is 3.76. The molecule has 1 aliphatic rings. The molecule has 2 N–H and O–H groups in total. The second-order valence-electron chi connectivity index (χ2n) is 6.15. The van der Waals surface area contributed by atoms with Gasteiger partial charge in [0.15, 0.2) is 5.82 Å². The fourth-order valence-corrected chi connectivity index (χ4v) is 2.64. The molecule has 1 fully saturated rings. The Kier molecular flexibility index (Phi) is 5.81. The number of amides is 1. The monoisotopic (exact) mass is 349 g/mol. The summed E-state index contributed by atoms with van der Waals surface area (Å²) in [4.78, 5) is 17.2. The third-order valence-electron chi connectivity index (χ3n) is 3.76. The third kappa shape index (κ3) is 5.45. The Balaban J connectivity index is 2.14. The summed E-state index contributed by atoms with van der Waals surface area (Å²) in [6.07, 6.45) is -4.78. The summed E-state index contributed by atoms with van der Waals surface area (Å²) in [5.41, 5.74) is 5.07. The minimum atomic E-state index is -4.43. The predicted molar refractivity (Wildman–Crippen MR) is 79.1 cm³/mol. The molecule has 0 saturated carbocycles. The largest absolute Gasteiger partial charge is 0.408 e. The van der Waals surface area contributed by atoms with Crippen LogP contribution in [-0.4, -0.2) is 63.6 Å². The van der Waals surface area contributed by atoms with Gasteiger partial charge in [-0.2, -0.15) is 18.3 Å². The number of ether oxygens (including phenoxy) is 1. The first kappa shape index (κ1) is 18.7. The quantitative estimate of drug-likeness (QED) is 0.809. The number of hydrogen-bond acceptors (Lipinski definition) is 5. The fraction of sp³-hybridized carbons (Fsp3) is 0.786. The minimum Gasteiger partial charge on any atom is -0.375 e. The highest BCUT2D eigenvalue weighted by Crippen LogP contribution is 2.20. The van der Waals surface area contributed by atoms with E-state index in [-0.39, 0.29) is 30.6 Å². The second kappa shape index (κ2) is 7.47. The van der Waals surface area contributed by atoms with Crippen molar-refractivity contribution in [3.05, 3.63) is 11.6 Å². The summed E-state index contributed by atoms with van der Waals surface area (Å²) in [6.45, 7) is 4.77. The van der Waals surface area contributed by atoms with Crippen LogP contribution in [0.5, 0.6) is 0 Å². The van der Waals surface area contributed by atoms with Crippen LogP contribution in [0.2, 0.25) is 0 Å². The molecule has 24 heavy (non-hydrogen) atoms. The second-order valence-corrected chi connectivity index (χ2v) is 6.15. The van der Waals surface area contributed by atoms with E-state index in [9.17, 15) is 18.0 Å². The molecular weight excluding hydrogens is 327 g/mol. The van der Waals surface area contributed by atoms with Crippen LogP contribution in [0, 0.1) is 0 Å². The van der Waals surface area contributed by atoms with Crippen molar-refractivity contribution in [2.45, 2.75) is 51.6 Å². The Morgan fingerprint density at radius 1 is 1.46 bits per heavy atom. The molecule has 136 valence electrons. The van der Waals surface area contributed by atoms with Crippen molar-refractivity contribution < 1.29 is 22.7 Å². The predicted octanol–water partition coefficient (Wildman–Crippen LogP) is 0.520. The lowest BCUT2D eigenvalue weighted by atomic mass is 10.1. The average Bonchev–Trinajstić information content (AvgIpc) is 2.77. The van der Waals surface area contributed by atoms with E-state index in [0.29, 0.717) is 19.2 Å². The van der Waals surface area contributed by atoms with Gasteiger partial charge < -0.3 is 10.5 Å². The van der Waals surface area contributed by atoms with E-state index >= 15 is 0 Å². The summed E-state index contributed by atoms with van der Waals surface area (Å²) in [6, 6.07) is 0.329. The topological polar surface area (TPSA) is 86.3 Å². The zero-order valence-electron chi connectivity index (χ0n) is 13.7. The van der Waals surface area contributed by atoms with Crippen molar-refractivity contribution in [3.8, 4) is 0 Å². The van der Waals surface area contributed by atoms with Gasteiger partial charge in [-0.15, -0.1) is 0 Å². The molecule has 1 saturated heterocycles. The summed E-state index contributed by atoms with van der Waals surface area (Å²) in [5, 5.41) is 3.77. The molecule has 0 bridgehead atoms. The van der Waals surface area contributed by atoms with Gasteiger partial charge >= 0.3 is 6.18 Å². The normalized spacial score (nSPS) is 19.8. The number of nitrogens with two attached hydrogens (primary N) is 1. The average molecular weight is 349 g/mol. The van der Waals surface area contributed by atoms with Crippen molar-refractivity contribution in [1.82, 2.24) is 19.7 Å². The summed E-state index contributed by atoms with van der Waals surface area (Å²) in [5.74, 6) is -0.539. The van der Waals surface area contributed by atoms with E-state index in [4.69, 9.17) is 10.5 Å². The first-order valence-electron chi connectivity index (χ1n) is 7.77. The highest BCUT2D eigenvalue weighted by molar-refractivity contribution is 5.75. The number of carbonyl (C=O) groups is 1. The molecule has 7 nitrogen and oxygen atoms in total. The van der Waals surface area contributed by atoms with Gasteiger partial charge in [0.2, 0.25) is 5.91 Å². The number of nitrogens with zero attached hydrogens (tertiary/aromatic N) is 4. The molecule has 0 spiro atoms. The van der Waals surface area contributed by atoms with Gasteiger partial charge in [-0.1, -0.05) is 0 Å². The standard InChI is InChI=1S/C14H22F3N5O2/c1-9(2)21-3-4-24-10(7-21)5-13-19-12(6-11(18)23)20-22(13)8-14(15,16)17/h9-10H,3-8H2,1-2H3,(H2,18,23). The van der Waals surface area contributed by atoms with Crippen molar-refractivity contribution in [1.29, 1.82) is 0 Å². The van der Waals surface area contributed by atoms with E-state index < -0.39 is 18.6 Å². The zero-order chi connectivity index (χ0) is 17.9. The van der Waals surface area contributed by atoms with Crippen molar-refractivity contribution in [3.63, 3.8) is 0 Å². The lowest BCUT2D eigenvalue weighted by Crippen LogP contribution is -2.46. The molecule has 1 aliphatic heterocycles. The van der Waals surface area contributed by atoms with Crippen molar-refractivity contribution >= 4 is 5.91 Å². The number of halogens is 3. The molecule has 0 aromatic carbocycles. The van der Waals surface area contributed by atoms with Crippen LogP contribution in [0.15, 0.2) is 0 Å². The van der Waals surface area contributed by atoms with Gasteiger partial charge in [0.1, 0.15) is 12.4 Å². The van der Waals surface area contributed by atoms with Gasteiger partial charge in [-0.05, 0) is 13.8 Å². The maximum absolute atomic E-state index is 12.7. The molecule has 2 heterocycles. The first-order valence-corrected chi connectivity index (χ1v) is 7.77. The number of primary amides is 1. The van der Waals surface area contributed by atoms with E-state index in [1.165, 1.54) is 0 Å². The van der Waals surface area contributed by atoms with E-state index in [0.717, 1.165) is 11.2 Å². The lowest BCUT2D eigenvalue weighted by Gasteiger charge is -2.35. The maximum atomic E-state index is 12.7. The highest BCUT2D eigenvalue weighted by Gasteiger charge is 2.32. The van der Waals surface area contributed by atoms with Crippen LogP contribution in [0.25, 0.3) is 0 Å². The van der Waals surface area contributed by atoms with Crippen LogP contribution in [0.4, 0.5) is 13.2 Å². The van der Waals surface area contributed by atoms with Crippen molar-refractivity contribution in [2.24, 2.45) is 5.73 Å². The Morgan fingerprint density at radius 3 is 2.75 bits per heavy atom. The summed E-state index contributed by atoms with van der Waals surface area (Å²) < 4.78 is 44.6. The van der Waals surface area contributed by atoms with E-state index in [1.54, 1.807) is 0 Å². The van der Waals surface area contributed by atoms with Gasteiger partial charge in [0, 0.05) is 25.6 Å². The molecular formula is C14H22F3N5O2. The lowest BCUT2D eigenvalue weighted by molar-refractivity contribution is -0.143. The van der Waals surface area contributed by atoms with Crippen LogP contribution in [-0.2, 0) is 28.9 Å². The Morgan fingerprint density at radius 2 is 2.17 bits per heavy atom. The molecule has 10 heteroatoms. The number of carbonyl (C=O) groups excluding carboxylic acids is 1. The number of rotatable bonds is 6.